The van der Waals surface area contributed by atoms with Gasteiger partial charge in [0.2, 0.25) is 0 Å². The molecule has 0 saturated heterocycles. The predicted molar refractivity (Wildman–Crippen MR) is 76.9 cm³/mol. The van der Waals surface area contributed by atoms with E-state index in [0.29, 0.717) is 0 Å². The highest BCUT2D eigenvalue weighted by atomic mass is 14.7. The van der Waals surface area contributed by atoms with Crippen molar-refractivity contribution in [1.29, 1.82) is 0 Å². The van der Waals surface area contributed by atoms with Crippen LogP contribution in [0.2, 0.25) is 0 Å². The summed E-state index contributed by atoms with van der Waals surface area (Å²) in [6, 6.07) is 4.32. The second-order valence-electron chi connectivity index (χ2n) is 6.95. The molecule has 0 saturated carbocycles. The number of hydrogen-bond donors (Lipinski definition) is 0. The predicted octanol–water partition coefficient (Wildman–Crippen LogP) is 4.22. The standard InChI is InChI=1S/C16H22N2/c1-15(2,3)12-7-8-17-13-10-18-14(9-11(12)13)16(4,5)6/h7-10H,1-6H3. The molecule has 0 aliphatic rings. The van der Waals surface area contributed by atoms with Gasteiger partial charge >= 0.3 is 0 Å². The van der Waals surface area contributed by atoms with Crippen LogP contribution in [0.3, 0.4) is 0 Å². The summed E-state index contributed by atoms with van der Waals surface area (Å²) in [5, 5.41) is 1.23. The van der Waals surface area contributed by atoms with Gasteiger partial charge in [0, 0.05) is 22.7 Å². The van der Waals surface area contributed by atoms with E-state index in [1.807, 2.05) is 12.4 Å². The van der Waals surface area contributed by atoms with Gasteiger partial charge in [0.25, 0.3) is 0 Å². The Morgan fingerprint density at radius 2 is 1.56 bits per heavy atom. The molecule has 0 bridgehead atoms. The van der Waals surface area contributed by atoms with Crippen molar-refractivity contribution in [2.75, 3.05) is 0 Å². The molecule has 0 fully saturated rings. The smallest absolute Gasteiger partial charge is 0.0888 e. The second-order valence-corrected chi connectivity index (χ2v) is 6.95. The van der Waals surface area contributed by atoms with E-state index in [4.69, 9.17) is 0 Å². The van der Waals surface area contributed by atoms with Crippen LogP contribution in [0.1, 0.15) is 52.8 Å². The van der Waals surface area contributed by atoms with E-state index in [9.17, 15) is 0 Å². The summed E-state index contributed by atoms with van der Waals surface area (Å²) < 4.78 is 0. The number of pyridine rings is 2. The average molecular weight is 242 g/mol. The normalized spacial score (nSPS) is 13.0. The Kier molecular flexibility index (Phi) is 2.92. The third-order valence-electron chi connectivity index (χ3n) is 3.20. The van der Waals surface area contributed by atoms with Crippen LogP contribution < -0.4 is 0 Å². The minimum atomic E-state index is 0.0686. The SMILES string of the molecule is CC(C)(C)c1cc2c(C(C)(C)C)ccnc2cn1. The zero-order valence-corrected chi connectivity index (χ0v) is 12.2. The molecule has 2 aromatic heterocycles. The highest BCUT2D eigenvalue weighted by molar-refractivity contribution is 5.82. The summed E-state index contributed by atoms with van der Waals surface area (Å²) in [5.41, 5.74) is 3.63. The highest BCUT2D eigenvalue weighted by Crippen LogP contribution is 2.31. The van der Waals surface area contributed by atoms with Crippen molar-refractivity contribution in [2.24, 2.45) is 0 Å². The van der Waals surface area contributed by atoms with Gasteiger partial charge in [0.05, 0.1) is 11.7 Å². The Labute approximate surface area is 109 Å². The first-order valence-corrected chi connectivity index (χ1v) is 6.45. The molecule has 96 valence electrons. The van der Waals surface area contributed by atoms with Gasteiger partial charge in [-0.3, -0.25) is 9.97 Å². The van der Waals surface area contributed by atoms with E-state index in [2.05, 4.69) is 63.6 Å². The molecule has 0 atom stereocenters. The molecule has 2 aromatic rings. The largest absolute Gasteiger partial charge is 0.258 e. The van der Waals surface area contributed by atoms with Crippen LogP contribution in [0, 0.1) is 0 Å². The summed E-state index contributed by atoms with van der Waals surface area (Å²) >= 11 is 0. The van der Waals surface area contributed by atoms with E-state index in [-0.39, 0.29) is 10.8 Å². The third-order valence-corrected chi connectivity index (χ3v) is 3.20. The number of aromatic nitrogens is 2. The summed E-state index contributed by atoms with van der Waals surface area (Å²) in [7, 11) is 0. The lowest BCUT2D eigenvalue weighted by Gasteiger charge is -2.23. The zero-order chi connectivity index (χ0) is 13.6. The first-order valence-electron chi connectivity index (χ1n) is 6.45. The van der Waals surface area contributed by atoms with Crippen molar-refractivity contribution < 1.29 is 0 Å². The van der Waals surface area contributed by atoms with E-state index in [0.717, 1.165) is 11.2 Å². The number of fused-ring (bicyclic) bond motifs is 1. The van der Waals surface area contributed by atoms with Gasteiger partial charge in [0.15, 0.2) is 0 Å². The molecule has 0 aliphatic carbocycles. The third kappa shape index (κ3) is 2.38. The van der Waals surface area contributed by atoms with E-state index in [1.165, 1.54) is 10.9 Å². The summed E-state index contributed by atoms with van der Waals surface area (Å²) in [4.78, 5) is 8.95. The van der Waals surface area contributed by atoms with Gasteiger partial charge in [-0.1, -0.05) is 41.5 Å². The average Bonchev–Trinajstić information content (AvgIpc) is 2.25. The maximum Gasteiger partial charge on any atom is 0.0888 e. The molecule has 0 aromatic carbocycles. The Morgan fingerprint density at radius 1 is 0.889 bits per heavy atom. The minimum Gasteiger partial charge on any atom is -0.258 e. The molecule has 0 spiro atoms. The molecular weight excluding hydrogens is 220 g/mol. The number of rotatable bonds is 0. The van der Waals surface area contributed by atoms with Crippen LogP contribution in [0.25, 0.3) is 10.9 Å². The van der Waals surface area contributed by atoms with Crippen LogP contribution in [0.5, 0.6) is 0 Å². The lowest BCUT2D eigenvalue weighted by molar-refractivity contribution is 0.568. The van der Waals surface area contributed by atoms with Gasteiger partial charge in [0.1, 0.15) is 0 Å². The van der Waals surface area contributed by atoms with Crippen molar-refractivity contribution in [3.05, 3.63) is 35.8 Å². The van der Waals surface area contributed by atoms with Crippen LogP contribution in [-0.4, -0.2) is 9.97 Å². The Balaban J connectivity index is 2.74. The fraction of sp³-hybridized carbons (Fsp3) is 0.500. The quantitative estimate of drug-likeness (QED) is 0.691. The maximum atomic E-state index is 4.54. The van der Waals surface area contributed by atoms with Gasteiger partial charge in [-0.05, 0) is 23.1 Å². The van der Waals surface area contributed by atoms with Gasteiger partial charge < -0.3 is 0 Å². The van der Waals surface area contributed by atoms with Gasteiger partial charge in [-0.2, -0.15) is 0 Å². The van der Waals surface area contributed by atoms with E-state index >= 15 is 0 Å². The molecule has 18 heavy (non-hydrogen) atoms. The van der Waals surface area contributed by atoms with Crippen LogP contribution in [-0.2, 0) is 10.8 Å². The lowest BCUT2D eigenvalue weighted by atomic mass is 9.83. The highest BCUT2D eigenvalue weighted by Gasteiger charge is 2.20. The number of nitrogens with zero attached hydrogens (tertiary/aromatic N) is 2. The van der Waals surface area contributed by atoms with Crippen LogP contribution in [0.15, 0.2) is 24.5 Å². The summed E-state index contributed by atoms with van der Waals surface area (Å²) in [6.07, 6.45) is 3.77. The lowest BCUT2D eigenvalue weighted by Crippen LogP contribution is -2.15. The molecule has 2 nitrogen and oxygen atoms in total. The fourth-order valence-electron chi connectivity index (χ4n) is 2.11. The molecule has 0 aliphatic heterocycles. The van der Waals surface area contributed by atoms with Crippen molar-refractivity contribution in [3.8, 4) is 0 Å². The van der Waals surface area contributed by atoms with E-state index in [1.54, 1.807) is 0 Å². The summed E-state index contributed by atoms with van der Waals surface area (Å²) in [6.45, 7) is 13.3. The minimum absolute atomic E-state index is 0.0686. The summed E-state index contributed by atoms with van der Waals surface area (Å²) in [5.74, 6) is 0. The Morgan fingerprint density at radius 3 is 2.11 bits per heavy atom. The molecule has 0 amide bonds. The molecule has 2 rings (SSSR count). The fourth-order valence-corrected chi connectivity index (χ4v) is 2.11. The van der Waals surface area contributed by atoms with Gasteiger partial charge in [-0.25, -0.2) is 0 Å². The second kappa shape index (κ2) is 4.04. The van der Waals surface area contributed by atoms with Crippen LogP contribution >= 0.6 is 0 Å². The number of hydrogen-bond acceptors (Lipinski definition) is 2. The van der Waals surface area contributed by atoms with Gasteiger partial charge in [-0.15, -0.1) is 0 Å². The monoisotopic (exact) mass is 242 g/mol. The molecule has 2 heteroatoms. The molecule has 0 radical (unpaired) electrons. The maximum absolute atomic E-state index is 4.54. The van der Waals surface area contributed by atoms with Crippen molar-refractivity contribution >= 4 is 10.9 Å². The Hall–Kier alpha value is -1.44. The molecule has 0 N–H and O–H groups in total. The van der Waals surface area contributed by atoms with Crippen molar-refractivity contribution in [2.45, 2.75) is 52.4 Å². The Bertz CT molecular complexity index is 572. The molecular formula is C16H22N2. The van der Waals surface area contributed by atoms with E-state index < -0.39 is 0 Å². The first kappa shape index (κ1) is 13.0. The molecule has 2 heterocycles. The van der Waals surface area contributed by atoms with Crippen molar-refractivity contribution in [3.63, 3.8) is 0 Å². The molecule has 0 unspecified atom stereocenters. The topological polar surface area (TPSA) is 25.8 Å². The van der Waals surface area contributed by atoms with Crippen LogP contribution in [0.4, 0.5) is 0 Å². The zero-order valence-electron chi connectivity index (χ0n) is 12.2. The first-order chi connectivity index (χ1) is 8.19. The van der Waals surface area contributed by atoms with Crippen molar-refractivity contribution in [1.82, 2.24) is 9.97 Å².